The number of carbonyl (C=O) groups is 2. The summed E-state index contributed by atoms with van der Waals surface area (Å²) in [6, 6.07) is 5.14. The maximum absolute atomic E-state index is 11.2. The zero-order valence-electron chi connectivity index (χ0n) is 7.03. The van der Waals surface area contributed by atoms with Crippen molar-refractivity contribution < 1.29 is 14.3 Å². The van der Waals surface area contributed by atoms with E-state index in [0.29, 0.717) is 11.1 Å². The van der Waals surface area contributed by atoms with E-state index in [9.17, 15) is 9.59 Å². The van der Waals surface area contributed by atoms with Crippen molar-refractivity contribution >= 4 is 22.8 Å². The van der Waals surface area contributed by atoms with Crippen LogP contribution in [-0.2, 0) is 4.74 Å². The summed E-state index contributed by atoms with van der Waals surface area (Å²) in [4.78, 5) is 25.3. The van der Waals surface area contributed by atoms with Gasteiger partial charge in [0.15, 0.2) is 0 Å². The van der Waals surface area contributed by atoms with Crippen molar-refractivity contribution in [3.63, 3.8) is 0 Å². The summed E-state index contributed by atoms with van der Waals surface area (Å²) in [6.45, 7) is 0. The SMILES string of the molecule is O=C1OC(=O)c2cc3[nH]ccc3cc21. The number of nitrogens with one attached hydrogen (secondary N) is 1. The van der Waals surface area contributed by atoms with Gasteiger partial charge in [0.2, 0.25) is 0 Å². The van der Waals surface area contributed by atoms with Crippen molar-refractivity contribution in [1.29, 1.82) is 0 Å². The van der Waals surface area contributed by atoms with Crippen LogP contribution >= 0.6 is 0 Å². The molecule has 0 radical (unpaired) electrons. The second kappa shape index (κ2) is 2.23. The van der Waals surface area contributed by atoms with Crippen LogP contribution in [0.1, 0.15) is 20.7 Å². The third kappa shape index (κ3) is 0.771. The highest BCUT2D eigenvalue weighted by molar-refractivity contribution is 6.16. The average Bonchev–Trinajstić information content (AvgIpc) is 2.70. The molecule has 3 rings (SSSR count). The standard InChI is InChI=1S/C10H5NO3/c12-9-6-3-5-1-2-11-8(5)4-7(6)10(13)14-9/h1-4,11H. The van der Waals surface area contributed by atoms with Gasteiger partial charge in [-0.05, 0) is 18.2 Å². The summed E-state index contributed by atoms with van der Waals surface area (Å²) >= 11 is 0. The molecule has 0 saturated carbocycles. The number of hydrogen-bond acceptors (Lipinski definition) is 3. The van der Waals surface area contributed by atoms with Crippen LogP contribution in [0.25, 0.3) is 10.9 Å². The fraction of sp³-hybridized carbons (Fsp3) is 0. The maximum atomic E-state index is 11.2. The van der Waals surface area contributed by atoms with Crippen molar-refractivity contribution in [3.05, 3.63) is 35.5 Å². The molecule has 0 bridgehead atoms. The normalized spacial score (nSPS) is 14.6. The van der Waals surface area contributed by atoms with Crippen molar-refractivity contribution in [2.24, 2.45) is 0 Å². The molecule has 1 aliphatic heterocycles. The summed E-state index contributed by atoms with van der Waals surface area (Å²) in [5.74, 6) is -1.13. The highest BCUT2D eigenvalue weighted by Crippen LogP contribution is 2.25. The summed E-state index contributed by atoms with van der Waals surface area (Å²) in [6.07, 6.45) is 1.76. The van der Waals surface area contributed by atoms with Gasteiger partial charge >= 0.3 is 11.9 Å². The number of aromatic amines is 1. The third-order valence-corrected chi connectivity index (χ3v) is 2.32. The van der Waals surface area contributed by atoms with Crippen molar-refractivity contribution in [2.75, 3.05) is 0 Å². The number of ether oxygens (including phenoxy) is 1. The minimum absolute atomic E-state index is 0.338. The molecule has 1 aromatic heterocycles. The average molecular weight is 187 g/mol. The Morgan fingerprint density at radius 3 is 2.57 bits per heavy atom. The van der Waals surface area contributed by atoms with Gasteiger partial charge in [-0.2, -0.15) is 0 Å². The van der Waals surface area contributed by atoms with Gasteiger partial charge < -0.3 is 9.72 Å². The van der Waals surface area contributed by atoms with E-state index in [2.05, 4.69) is 9.72 Å². The lowest BCUT2D eigenvalue weighted by atomic mass is 10.1. The predicted octanol–water partition coefficient (Wildman–Crippen LogP) is 1.48. The van der Waals surface area contributed by atoms with Gasteiger partial charge in [0, 0.05) is 17.1 Å². The number of esters is 2. The van der Waals surface area contributed by atoms with Crippen LogP contribution in [-0.4, -0.2) is 16.9 Å². The molecule has 1 N–H and O–H groups in total. The third-order valence-electron chi connectivity index (χ3n) is 2.32. The van der Waals surface area contributed by atoms with Gasteiger partial charge in [0.1, 0.15) is 0 Å². The quantitative estimate of drug-likeness (QED) is 0.502. The highest BCUT2D eigenvalue weighted by Gasteiger charge is 2.29. The van der Waals surface area contributed by atoms with E-state index in [4.69, 9.17) is 0 Å². The second-order valence-electron chi connectivity index (χ2n) is 3.14. The van der Waals surface area contributed by atoms with Crippen LogP contribution in [0.3, 0.4) is 0 Å². The van der Waals surface area contributed by atoms with E-state index in [1.165, 1.54) is 0 Å². The Morgan fingerprint density at radius 2 is 1.79 bits per heavy atom. The molecule has 0 spiro atoms. The molecule has 0 saturated heterocycles. The Kier molecular flexibility index (Phi) is 1.16. The fourth-order valence-corrected chi connectivity index (χ4v) is 1.63. The Bertz CT molecular complexity index is 520. The molecule has 0 amide bonds. The minimum Gasteiger partial charge on any atom is -0.386 e. The van der Waals surface area contributed by atoms with E-state index in [1.807, 2.05) is 6.07 Å². The van der Waals surface area contributed by atoms with E-state index >= 15 is 0 Å². The Hall–Kier alpha value is -2.10. The molecule has 14 heavy (non-hydrogen) atoms. The van der Waals surface area contributed by atoms with Crippen LogP contribution in [0.2, 0.25) is 0 Å². The highest BCUT2D eigenvalue weighted by atomic mass is 16.6. The van der Waals surface area contributed by atoms with Crippen molar-refractivity contribution in [3.8, 4) is 0 Å². The predicted molar refractivity (Wildman–Crippen MR) is 48.0 cm³/mol. The number of rotatable bonds is 0. The summed E-state index contributed by atoms with van der Waals surface area (Å²) < 4.78 is 4.48. The number of fused-ring (bicyclic) bond motifs is 2. The molecule has 2 aromatic rings. The van der Waals surface area contributed by atoms with E-state index in [1.54, 1.807) is 18.3 Å². The maximum Gasteiger partial charge on any atom is 0.346 e. The molecule has 0 atom stereocenters. The number of carbonyl (C=O) groups excluding carboxylic acids is 2. The molecule has 4 nitrogen and oxygen atoms in total. The fourth-order valence-electron chi connectivity index (χ4n) is 1.63. The minimum atomic E-state index is -0.568. The molecule has 0 fully saturated rings. The van der Waals surface area contributed by atoms with E-state index < -0.39 is 11.9 Å². The lowest BCUT2D eigenvalue weighted by Gasteiger charge is -1.92. The van der Waals surface area contributed by atoms with E-state index in [-0.39, 0.29) is 0 Å². The first-order valence-electron chi connectivity index (χ1n) is 4.13. The lowest BCUT2D eigenvalue weighted by molar-refractivity contribution is 0.0444. The van der Waals surface area contributed by atoms with Crippen LogP contribution in [0.4, 0.5) is 0 Å². The lowest BCUT2D eigenvalue weighted by Crippen LogP contribution is -1.96. The van der Waals surface area contributed by atoms with Gasteiger partial charge in [-0.15, -0.1) is 0 Å². The monoisotopic (exact) mass is 187 g/mol. The van der Waals surface area contributed by atoms with Gasteiger partial charge in [-0.3, -0.25) is 0 Å². The first-order valence-corrected chi connectivity index (χ1v) is 4.13. The number of benzene rings is 1. The zero-order chi connectivity index (χ0) is 9.71. The van der Waals surface area contributed by atoms with Gasteiger partial charge in [0.25, 0.3) is 0 Å². The Morgan fingerprint density at radius 1 is 1.07 bits per heavy atom. The molecule has 2 heterocycles. The summed E-state index contributed by atoms with van der Waals surface area (Å²) in [5, 5.41) is 0.899. The smallest absolute Gasteiger partial charge is 0.346 e. The van der Waals surface area contributed by atoms with Crippen molar-refractivity contribution in [2.45, 2.75) is 0 Å². The zero-order valence-corrected chi connectivity index (χ0v) is 7.03. The molecular formula is C10H5NO3. The topological polar surface area (TPSA) is 59.2 Å². The Balaban J connectivity index is 2.43. The van der Waals surface area contributed by atoms with Gasteiger partial charge in [0.05, 0.1) is 11.1 Å². The van der Waals surface area contributed by atoms with Crippen molar-refractivity contribution in [1.82, 2.24) is 4.98 Å². The van der Waals surface area contributed by atoms with Crippen LogP contribution in [0.15, 0.2) is 24.4 Å². The number of H-pyrrole nitrogens is 1. The second-order valence-corrected chi connectivity index (χ2v) is 3.14. The first kappa shape index (κ1) is 7.32. The van der Waals surface area contributed by atoms with Gasteiger partial charge in [-0.1, -0.05) is 0 Å². The first-order chi connectivity index (χ1) is 6.75. The molecule has 1 aromatic carbocycles. The van der Waals surface area contributed by atoms with Gasteiger partial charge in [-0.25, -0.2) is 9.59 Å². The number of aromatic nitrogens is 1. The molecule has 1 aliphatic rings. The van der Waals surface area contributed by atoms with Crippen LogP contribution in [0, 0.1) is 0 Å². The molecule has 4 heteroatoms. The summed E-state index contributed by atoms with van der Waals surface area (Å²) in [7, 11) is 0. The Labute approximate surface area is 78.5 Å². The molecule has 0 unspecified atom stereocenters. The van der Waals surface area contributed by atoms with Crippen LogP contribution < -0.4 is 0 Å². The number of hydrogen-bond donors (Lipinski definition) is 1. The molecule has 0 aliphatic carbocycles. The molecular weight excluding hydrogens is 182 g/mol. The van der Waals surface area contributed by atoms with Crippen LogP contribution in [0.5, 0.6) is 0 Å². The number of cyclic esters (lactones) is 2. The molecule has 68 valence electrons. The largest absolute Gasteiger partial charge is 0.386 e. The van der Waals surface area contributed by atoms with E-state index in [0.717, 1.165) is 10.9 Å². The summed E-state index contributed by atoms with van der Waals surface area (Å²) in [5.41, 5.74) is 1.52.